The highest BCUT2D eigenvalue weighted by Gasteiger charge is 2.34. The van der Waals surface area contributed by atoms with Crippen molar-refractivity contribution in [3.63, 3.8) is 0 Å². The minimum absolute atomic E-state index is 0.124. The number of nitrogens with zero attached hydrogens (tertiary/aromatic N) is 4. The number of rotatable bonds is 3. The molecule has 0 unspecified atom stereocenters. The molecule has 0 bridgehead atoms. The fourth-order valence-electron chi connectivity index (χ4n) is 3.59. The van der Waals surface area contributed by atoms with Crippen molar-refractivity contribution in [1.29, 1.82) is 0 Å². The van der Waals surface area contributed by atoms with E-state index >= 15 is 0 Å². The number of aromatic nitrogens is 3. The highest BCUT2D eigenvalue weighted by Crippen LogP contribution is 2.31. The molecule has 2 aliphatic rings. The third-order valence-corrected chi connectivity index (χ3v) is 6.91. The fraction of sp³-hybridized carbons (Fsp3) is 0.500. The molecule has 26 heavy (non-hydrogen) atoms. The van der Waals surface area contributed by atoms with Crippen LogP contribution in [0.15, 0.2) is 23.1 Å². The summed E-state index contributed by atoms with van der Waals surface area (Å²) in [5, 5.41) is 11.7. The second-order valence-electron chi connectivity index (χ2n) is 6.56. The van der Waals surface area contributed by atoms with Crippen molar-refractivity contribution in [3.8, 4) is 0 Å². The van der Waals surface area contributed by atoms with Crippen LogP contribution >= 0.6 is 0 Å². The van der Waals surface area contributed by atoms with E-state index < -0.39 is 26.6 Å². The van der Waals surface area contributed by atoms with Crippen LogP contribution in [0.4, 0.5) is 8.78 Å². The van der Waals surface area contributed by atoms with Crippen molar-refractivity contribution in [1.82, 2.24) is 24.4 Å². The molecule has 1 aromatic heterocycles. The molecular formula is C16H19F2N5O2S. The summed E-state index contributed by atoms with van der Waals surface area (Å²) in [7, 11) is -3.98. The van der Waals surface area contributed by atoms with Crippen LogP contribution in [0.3, 0.4) is 0 Å². The van der Waals surface area contributed by atoms with Crippen LogP contribution in [0.25, 0.3) is 0 Å². The molecule has 0 spiro atoms. The summed E-state index contributed by atoms with van der Waals surface area (Å²) in [6.45, 7) is 2.88. The summed E-state index contributed by atoms with van der Waals surface area (Å²) < 4.78 is 55.7. The molecule has 0 amide bonds. The first-order valence-corrected chi connectivity index (χ1v) is 9.99. The summed E-state index contributed by atoms with van der Waals surface area (Å²) in [6, 6.07) is 2.53. The van der Waals surface area contributed by atoms with Gasteiger partial charge in [0, 0.05) is 38.2 Å². The molecule has 1 saturated heterocycles. The molecule has 1 aromatic carbocycles. The Labute approximate surface area is 150 Å². The standard InChI is InChI=1S/C16H19F2N5O2S/c17-12-1-2-14(13(18)9-12)26(24,25)22-6-3-11(4-7-22)16-21-20-15-10-19-5-8-23(15)16/h1-2,9,11,19H,3-8,10H2. The van der Waals surface area contributed by atoms with Gasteiger partial charge in [0.05, 0.1) is 6.54 Å². The van der Waals surface area contributed by atoms with Gasteiger partial charge >= 0.3 is 0 Å². The Morgan fingerprint density at radius 2 is 1.88 bits per heavy atom. The van der Waals surface area contributed by atoms with Gasteiger partial charge in [-0.1, -0.05) is 0 Å². The fourth-order valence-corrected chi connectivity index (χ4v) is 5.11. The predicted molar refractivity (Wildman–Crippen MR) is 88.8 cm³/mol. The number of benzene rings is 1. The van der Waals surface area contributed by atoms with Gasteiger partial charge in [-0.15, -0.1) is 10.2 Å². The number of hydrogen-bond donors (Lipinski definition) is 1. The third kappa shape index (κ3) is 3.01. The smallest absolute Gasteiger partial charge is 0.245 e. The molecular weight excluding hydrogens is 364 g/mol. The SMILES string of the molecule is O=S(=O)(c1ccc(F)cc1F)N1CCC(c2nnc3n2CCNC3)CC1. The van der Waals surface area contributed by atoms with E-state index in [-0.39, 0.29) is 19.0 Å². The van der Waals surface area contributed by atoms with Crippen LogP contribution in [0.5, 0.6) is 0 Å². The number of piperidine rings is 1. The van der Waals surface area contributed by atoms with Crippen molar-refractivity contribution >= 4 is 10.0 Å². The maximum absolute atomic E-state index is 13.9. The minimum Gasteiger partial charge on any atom is -0.312 e. The van der Waals surface area contributed by atoms with Gasteiger partial charge < -0.3 is 9.88 Å². The van der Waals surface area contributed by atoms with Crippen LogP contribution in [-0.2, 0) is 23.1 Å². The second kappa shape index (κ2) is 6.67. The molecule has 7 nitrogen and oxygen atoms in total. The van der Waals surface area contributed by atoms with E-state index in [0.29, 0.717) is 25.5 Å². The molecule has 1 N–H and O–H groups in total. The number of sulfonamides is 1. The summed E-state index contributed by atoms with van der Waals surface area (Å²) in [5.74, 6) is 0.0532. The maximum Gasteiger partial charge on any atom is 0.245 e. The Morgan fingerprint density at radius 3 is 2.62 bits per heavy atom. The second-order valence-corrected chi connectivity index (χ2v) is 8.46. The number of fused-ring (bicyclic) bond motifs is 1. The summed E-state index contributed by atoms with van der Waals surface area (Å²) in [6.07, 6.45) is 1.18. The highest BCUT2D eigenvalue weighted by atomic mass is 32.2. The molecule has 0 radical (unpaired) electrons. The van der Waals surface area contributed by atoms with Crippen LogP contribution in [0.2, 0.25) is 0 Å². The quantitative estimate of drug-likeness (QED) is 0.862. The van der Waals surface area contributed by atoms with E-state index in [2.05, 4.69) is 20.1 Å². The Kier molecular flexibility index (Phi) is 4.49. The van der Waals surface area contributed by atoms with Gasteiger partial charge in [-0.2, -0.15) is 4.31 Å². The summed E-state index contributed by atoms with van der Waals surface area (Å²) in [5.41, 5.74) is 0. The van der Waals surface area contributed by atoms with Gasteiger partial charge in [0.2, 0.25) is 10.0 Å². The van der Waals surface area contributed by atoms with Crippen LogP contribution in [0, 0.1) is 11.6 Å². The van der Waals surface area contributed by atoms with E-state index in [9.17, 15) is 17.2 Å². The van der Waals surface area contributed by atoms with Gasteiger partial charge in [-0.05, 0) is 25.0 Å². The largest absolute Gasteiger partial charge is 0.312 e. The van der Waals surface area contributed by atoms with E-state index in [4.69, 9.17) is 0 Å². The lowest BCUT2D eigenvalue weighted by Crippen LogP contribution is -2.39. The molecule has 1 fully saturated rings. The molecule has 2 aliphatic heterocycles. The van der Waals surface area contributed by atoms with Gasteiger partial charge in [0.25, 0.3) is 0 Å². The molecule has 0 atom stereocenters. The maximum atomic E-state index is 13.9. The van der Waals surface area contributed by atoms with Crippen LogP contribution in [-0.4, -0.2) is 47.1 Å². The Hall–Kier alpha value is -1.91. The molecule has 4 rings (SSSR count). The van der Waals surface area contributed by atoms with Crippen molar-refractivity contribution < 1.29 is 17.2 Å². The topological polar surface area (TPSA) is 80.1 Å². The van der Waals surface area contributed by atoms with E-state index in [1.165, 1.54) is 4.31 Å². The zero-order valence-electron chi connectivity index (χ0n) is 14.0. The van der Waals surface area contributed by atoms with Crippen LogP contribution < -0.4 is 5.32 Å². The molecule has 10 heteroatoms. The average molecular weight is 383 g/mol. The third-order valence-electron chi connectivity index (χ3n) is 4.98. The molecule has 2 aromatic rings. The Balaban J connectivity index is 1.50. The van der Waals surface area contributed by atoms with Crippen molar-refractivity contribution in [2.24, 2.45) is 0 Å². The minimum atomic E-state index is -3.98. The summed E-state index contributed by atoms with van der Waals surface area (Å²) >= 11 is 0. The number of nitrogens with one attached hydrogen (secondary N) is 1. The van der Waals surface area contributed by atoms with Gasteiger partial charge in [0.1, 0.15) is 28.2 Å². The molecule has 0 saturated carbocycles. The van der Waals surface area contributed by atoms with E-state index in [1.807, 2.05) is 0 Å². The molecule has 0 aliphatic carbocycles. The van der Waals surface area contributed by atoms with Crippen molar-refractivity contribution in [2.45, 2.75) is 36.7 Å². The zero-order valence-corrected chi connectivity index (χ0v) is 14.8. The average Bonchev–Trinajstić information content (AvgIpc) is 3.05. The van der Waals surface area contributed by atoms with E-state index in [1.54, 1.807) is 0 Å². The molecule has 3 heterocycles. The first kappa shape index (κ1) is 17.5. The predicted octanol–water partition coefficient (Wildman–Crippen LogP) is 1.23. The first-order chi connectivity index (χ1) is 12.5. The first-order valence-electron chi connectivity index (χ1n) is 8.54. The van der Waals surface area contributed by atoms with Crippen molar-refractivity contribution in [2.75, 3.05) is 19.6 Å². The highest BCUT2D eigenvalue weighted by molar-refractivity contribution is 7.89. The lowest BCUT2D eigenvalue weighted by atomic mass is 9.97. The zero-order chi connectivity index (χ0) is 18.3. The monoisotopic (exact) mass is 383 g/mol. The lowest BCUT2D eigenvalue weighted by molar-refractivity contribution is 0.306. The Bertz CT molecular complexity index is 923. The Morgan fingerprint density at radius 1 is 1.12 bits per heavy atom. The van der Waals surface area contributed by atoms with E-state index in [0.717, 1.165) is 36.9 Å². The van der Waals surface area contributed by atoms with Gasteiger partial charge in [-0.3, -0.25) is 0 Å². The number of halogens is 2. The number of hydrogen-bond acceptors (Lipinski definition) is 5. The normalized spacial score (nSPS) is 19.5. The van der Waals surface area contributed by atoms with Crippen LogP contribution in [0.1, 0.15) is 30.4 Å². The summed E-state index contributed by atoms with van der Waals surface area (Å²) in [4.78, 5) is -0.483. The lowest BCUT2D eigenvalue weighted by Gasteiger charge is -2.31. The van der Waals surface area contributed by atoms with Crippen molar-refractivity contribution in [3.05, 3.63) is 41.5 Å². The van der Waals surface area contributed by atoms with Gasteiger partial charge in [-0.25, -0.2) is 17.2 Å². The van der Waals surface area contributed by atoms with Gasteiger partial charge in [0.15, 0.2) is 0 Å². The molecule has 140 valence electrons.